The van der Waals surface area contributed by atoms with E-state index in [2.05, 4.69) is 5.32 Å². The van der Waals surface area contributed by atoms with Crippen LogP contribution in [0.3, 0.4) is 0 Å². The number of rotatable bonds is 4. The van der Waals surface area contributed by atoms with E-state index < -0.39 is 23.7 Å². The van der Waals surface area contributed by atoms with E-state index in [1.54, 1.807) is 13.8 Å². The fourth-order valence-electron chi connectivity index (χ4n) is 1.46. The van der Waals surface area contributed by atoms with Gasteiger partial charge in [0.2, 0.25) is 0 Å². The Hall–Kier alpha value is -2.11. The monoisotopic (exact) mass is 254 g/mol. The number of nitrogens with one attached hydrogen (secondary N) is 1. The average molecular weight is 254 g/mol. The summed E-state index contributed by atoms with van der Waals surface area (Å²) >= 11 is 0. The third-order valence-corrected chi connectivity index (χ3v) is 2.48. The van der Waals surface area contributed by atoms with Crippen LogP contribution in [0.15, 0.2) is 18.2 Å². The number of halogens is 1. The highest BCUT2D eigenvalue weighted by molar-refractivity contribution is 6.00. The molecular weight excluding hydrogens is 239 g/mol. The number of carboxylic acid groups (broad SMARTS) is 1. The lowest BCUT2D eigenvalue weighted by Crippen LogP contribution is -2.44. The first-order chi connectivity index (χ1) is 8.32. The minimum absolute atomic E-state index is 0.0677. The molecule has 1 aromatic rings. The number of nitrogen functional groups attached to an aromatic ring is 1. The van der Waals surface area contributed by atoms with Crippen molar-refractivity contribution in [1.82, 2.24) is 5.32 Å². The molecule has 0 radical (unpaired) electrons. The van der Waals surface area contributed by atoms with Crippen LogP contribution in [0.25, 0.3) is 0 Å². The highest BCUT2D eigenvalue weighted by Crippen LogP contribution is 2.14. The van der Waals surface area contributed by atoms with E-state index in [-0.39, 0.29) is 17.2 Å². The standard InChI is InChI=1S/C12H15FN2O3/c1-6(2)10(12(17)18)15-11(16)8-5-7(13)3-4-9(8)14/h3-6,10H,14H2,1-2H3,(H,15,16)(H,17,18). The lowest BCUT2D eigenvalue weighted by atomic mass is 10.0. The highest BCUT2D eigenvalue weighted by Gasteiger charge is 2.24. The van der Waals surface area contributed by atoms with Gasteiger partial charge in [0.15, 0.2) is 0 Å². The Morgan fingerprint density at radius 1 is 1.39 bits per heavy atom. The van der Waals surface area contributed by atoms with Crippen molar-refractivity contribution in [2.75, 3.05) is 5.73 Å². The van der Waals surface area contributed by atoms with Crippen molar-refractivity contribution in [3.63, 3.8) is 0 Å². The molecule has 5 nitrogen and oxygen atoms in total. The SMILES string of the molecule is CC(C)C(NC(=O)c1cc(F)ccc1N)C(=O)O. The van der Waals surface area contributed by atoms with Gasteiger partial charge in [-0.25, -0.2) is 9.18 Å². The summed E-state index contributed by atoms with van der Waals surface area (Å²) in [6.07, 6.45) is 0. The Morgan fingerprint density at radius 2 is 2.00 bits per heavy atom. The number of aliphatic carboxylic acids is 1. The predicted octanol–water partition coefficient (Wildman–Crippen LogP) is 1.25. The summed E-state index contributed by atoms with van der Waals surface area (Å²) in [5.41, 5.74) is 5.57. The summed E-state index contributed by atoms with van der Waals surface area (Å²) in [5, 5.41) is 11.3. The minimum Gasteiger partial charge on any atom is -0.480 e. The average Bonchev–Trinajstić information content (AvgIpc) is 2.28. The molecule has 1 rings (SSSR count). The third kappa shape index (κ3) is 3.19. The molecule has 1 aromatic carbocycles. The number of nitrogens with two attached hydrogens (primary N) is 1. The Labute approximate surface area is 104 Å². The van der Waals surface area contributed by atoms with E-state index in [0.29, 0.717) is 0 Å². The van der Waals surface area contributed by atoms with Gasteiger partial charge in [-0.2, -0.15) is 0 Å². The zero-order chi connectivity index (χ0) is 13.9. The van der Waals surface area contributed by atoms with Crippen LogP contribution >= 0.6 is 0 Å². The summed E-state index contributed by atoms with van der Waals surface area (Å²) < 4.78 is 13.0. The molecule has 18 heavy (non-hydrogen) atoms. The summed E-state index contributed by atoms with van der Waals surface area (Å²) in [6.45, 7) is 3.32. The molecule has 0 fully saturated rings. The van der Waals surface area contributed by atoms with Gasteiger partial charge in [0, 0.05) is 5.69 Å². The first-order valence-corrected chi connectivity index (χ1v) is 5.41. The normalized spacial score (nSPS) is 12.2. The molecule has 0 aliphatic rings. The van der Waals surface area contributed by atoms with Crippen molar-refractivity contribution >= 4 is 17.6 Å². The maximum Gasteiger partial charge on any atom is 0.326 e. The van der Waals surface area contributed by atoms with E-state index in [1.807, 2.05) is 0 Å². The number of hydrogen-bond acceptors (Lipinski definition) is 3. The highest BCUT2D eigenvalue weighted by atomic mass is 19.1. The van der Waals surface area contributed by atoms with Gasteiger partial charge in [0.1, 0.15) is 11.9 Å². The topological polar surface area (TPSA) is 92.4 Å². The van der Waals surface area contributed by atoms with Crippen LogP contribution in [0.2, 0.25) is 0 Å². The van der Waals surface area contributed by atoms with Crippen molar-refractivity contribution in [3.8, 4) is 0 Å². The molecule has 0 spiro atoms. The second-order valence-electron chi connectivity index (χ2n) is 4.26. The number of amides is 1. The van der Waals surface area contributed by atoms with Gasteiger partial charge in [0.05, 0.1) is 5.56 Å². The van der Waals surface area contributed by atoms with Gasteiger partial charge in [-0.3, -0.25) is 4.79 Å². The van der Waals surface area contributed by atoms with E-state index in [1.165, 1.54) is 6.07 Å². The molecule has 0 aromatic heterocycles. The molecule has 0 saturated heterocycles. The lowest BCUT2D eigenvalue weighted by molar-refractivity contribution is -0.140. The second kappa shape index (κ2) is 5.48. The Morgan fingerprint density at radius 3 is 2.50 bits per heavy atom. The molecule has 1 amide bonds. The summed E-state index contributed by atoms with van der Waals surface area (Å²) in [6, 6.07) is 2.32. The molecule has 0 bridgehead atoms. The van der Waals surface area contributed by atoms with Crippen molar-refractivity contribution in [1.29, 1.82) is 0 Å². The molecule has 1 atom stereocenters. The van der Waals surface area contributed by atoms with Crippen LogP contribution in [0, 0.1) is 11.7 Å². The van der Waals surface area contributed by atoms with Gasteiger partial charge in [0.25, 0.3) is 5.91 Å². The molecule has 6 heteroatoms. The number of hydrogen-bond donors (Lipinski definition) is 3. The number of carbonyl (C=O) groups is 2. The molecular formula is C12H15FN2O3. The number of anilines is 1. The zero-order valence-electron chi connectivity index (χ0n) is 10.1. The largest absolute Gasteiger partial charge is 0.480 e. The quantitative estimate of drug-likeness (QED) is 0.705. The van der Waals surface area contributed by atoms with Gasteiger partial charge < -0.3 is 16.2 Å². The predicted molar refractivity (Wildman–Crippen MR) is 64.5 cm³/mol. The lowest BCUT2D eigenvalue weighted by Gasteiger charge is -2.18. The second-order valence-corrected chi connectivity index (χ2v) is 4.26. The molecule has 0 saturated carbocycles. The van der Waals surface area contributed by atoms with Crippen LogP contribution in [0.5, 0.6) is 0 Å². The minimum atomic E-state index is -1.15. The van der Waals surface area contributed by atoms with Crippen LogP contribution in [-0.2, 0) is 4.79 Å². The van der Waals surface area contributed by atoms with E-state index >= 15 is 0 Å². The van der Waals surface area contributed by atoms with Gasteiger partial charge in [-0.1, -0.05) is 13.8 Å². The number of benzene rings is 1. The van der Waals surface area contributed by atoms with Crippen molar-refractivity contribution in [2.24, 2.45) is 5.92 Å². The van der Waals surface area contributed by atoms with Crippen molar-refractivity contribution < 1.29 is 19.1 Å². The maximum absolute atomic E-state index is 13.0. The zero-order valence-corrected chi connectivity index (χ0v) is 10.1. The molecule has 1 unspecified atom stereocenters. The summed E-state index contributed by atoms with van der Waals surface area (Å²) in [5.74, 6) is -2.74. The molecule has 98 valence electrons. The van der Waals surface area contributed by atoms with E-state index in [9.17, 15) is 14.0 Å². The fourth-order valence-corrected chi connectivity index (χ4v) is 1.46. The molecule has 0 aliphatic carbocycles. The first kappa shape index (κ1) is 14.0. The van der Waals surface area contributed by atoms with Crippen LogP contribution in [0.1, 0.15) is 24.2 Å². The van der Waals surface area contributed by atoms with Gasteiger partial charge >= 0.3 is 5.97 Å². The Bertz CT molecular complexity index is 474. The van der Waals surface area contributed by atoms with E-state index in [4.69, 9.17) is 10.8 Å². The maximum atomic E-state index is 13.0. The van der Waals surface area contributed by atoms with Gasteiger partial charge in [-0.15, -0.1) is 0 Å². The number of carboxylic acids is 1. The van der Waals surface area contributed by atoms with Crippen molar-refractivity contribution in [2.45, 2.75) is 19.9 Å². The molecule has 0 heterocycles. The van der Waals surface area contributed by atoms with E-state index in [0.717, 1.165) is 12.1 Å². The van der Waals surface area contributed by atoms with Crippen LogP contribution in [0.4, 0.5) is 10.1 Å². The fraction of sp³-hybridized carbons (Fsp3) is 0.333. The third-order valence-electron chi connectivity index (χ3n) is 2.48. The van der Waals surface area contributed by atoms with Crippen LogP contribution < -0.4 is 11.1 Å². The Balaban J connectivity index is 2.94. The molecule has 4 N–H and O–H groups in total. The van der Waals surface area contributed by atoms with Gasteiger partial charge in [-0.05, 0) is 24.1 Å². The van der Waals surface area contributed by atoms with Crippen LogP contribution in [-0.4, -0.2) is 23.0 Å². The molecule has 0 aliphatic heterocycles. The summed E-state index contributed by atoms with van der Waals surface area (Å²) in [4.78, 5) is 22.8. The summed E-state index contributed by atoms with van der Waals surface area (Å²) in [7, 11) is 0. The smallest absolute Gasteiger partial charge is 0.326 e. The number of carbonyl (C=O) groups excluding carboxylic acids is 1. The Kier molecular flexibility index (Phi) is 4.25. The van der Waals surface area contributed by atoms with Crippen molar-refractivity contribution in [3.05, 3.63) is 29.6 Å². The first-order valence-electron chi connectivity index (χ1n) is 5.41.